The quantitative estimate of drug-likeness (QED) is 0.657. The first-order chi connectivity index (χ1) is 7.13. The van der Waals surface area contributed by atoms with Crippen LogP contribution in [0.25, 0.3) is 5.78 Å². The Balaban J connectivity index is 2.77. The van der Waals surface area contributed by atoms with Crippen molar-refractivity contribution in [1.29, 1.82) is 0 Å². The second-order valence-electron chi connectivity index (χ2n) is 3.33. The fraction of sp³-hybridized carbons (Fsp3) is 0.500. The Bertz CT molecular complexity index is 540. The number of anilines is 1. The van der Waals surface area contributed by atoms with E-state index in [1.807, 2.05) is 6.92 Å². The van der Waals surface area contributed by atoms with E-state index in [0.29, 0.717) is 18.3 Å². The van der Waals surface area contributed by atoms with Crippen molar-refractivity contribution in [1.82, 2.24) is 24.1 Å². The molecule has 7 nitrogen and oxygen atoms in total. The van der Waals surface area contributed by atoms with Crippen LogP contribution in [-0.2, 0) is 6.54 Å². The predicted octanol–water partition coefficient (Wildman–Crippen LogP) is -0.628. The zero-order valence-electron chi connectivity index (χ0n) is 8.88. The van der Waals surface area contributed by atoms with Crippen LogP contribution >= 0.6 is 0 Å². The van der Waals surface area contributed by atoms with Gasteiger partial charge >= 0.3 is 5.69 Å². The average molecular weight is 208 g/mol. The Hall–Kier alpha value is -1.92. The maximum absolute atomic E-state index is 11.5. The van der Waals surface area contributed by atoms with E-state index in [1.165, 1.54) is 4.52 Å². The minimum Gasteiger partial charge on any atom is -0.347 e. The molecule has 0 unspecified atom stereocenters. The fourth-order valence-corrected chi connectivity index (χ4v) is 1.26. The van der Waals surface area contributed by atoms with Gasteiger partial charge in [0.05, 0.1) is 0 Å². The summed E-state index contributed by atoms with van der Waals surface area (Å²) in [5, 5.41) is 3.91. The van der Waals surface area contributed by atoms with Crippen molar-refractivity contribution in [2.75, 3.05) is 19.0 Å². The van der Waals surface area contributed by atoms with E-state index in [9.17, 15) is 4.79 Å². The van der Waals surface area contributed by atoms with E-state index in [1.54, 1.807) is 29.9 Å². The highest BCUT2D eigenvalue weighted by Gasteiger charge is 2.09. The molecule has 0 spiro atoms. The van der Waals surface area contributed by atoms with Crippen LogP contribution in [0.15, 0.2) is 11.1 Å². The van der Waals surface area contributed by atoms with E-state index in [4.69, 9.17) is 0 Å². The Morgan fingerprint density at radius 1 is 1.40 bits per heavy atom. The average Bonchev–Trinajstić information content (AvgIpc) is 2.60. The molecule has 7 heteroatoms. The Morgan fingerprint density at radius 2 is 2.13 bits per heavy atom. The van der Waals surface area contributed by atoms with Gasteiger partial charge in [-0.2, -0.15) is 15.1 Å². The maximum atomic E-state index is 11.5. The molecule has 2 heterocycles. The number of hydrogen-bond donors (Lipinski definition) is 0. The van der Waals surface area contributed by atoms with Crippen LogP contribution < -0.4 is 10.6 Å². The van der Waals surface area contributed by atoms with Gasteiger partial charge in [-0.25, -0.2) is 4.79 Å². The molecule has 0 aliphatic heterocycles. The summed E-state index contributed by atoms with van der Waals surface area (Å²) in [5.74, 6) is 0.913. The van der Waals surface area contributed by atoms with Crippen molar-refractivity contribution >= 4 is 11.7 Å². The minimum atomic E-state index is -0.407. The van der Waals surface area contributed by atoms with Gasteiger partial charge in [0.1, 0.15) is 6.33 Å². The monoisotopic (exact) mass is 208 g/mol. The molecule has 0 fully saturated rings. The number of nitrogens with zero attached hydrogens (tertiary/aromatic N) is 6. The molecule has 0 N–H and O–H groups in total. The Labute approximate surface area is 86.0 Å². The molecule has 0 bridgehead atoms. The van der Waals surface area contributed by atoms with Gasteiger partial charge in [-0.05, 0) is 6.92 Å². The van der Waals surface area contributed by atoms with Gasteiger partial charge in [-0.3, -0.25) is 4.57 Å². The minimum absolute atomic E-state index is 0.398. The molecule has 2 aromatic heterocycles. The highest BCUT2D eigenvalue weighted by molar-refractivity contribution is 5.36. The van der Waals surface area contributed by atoms with Crippen molar-refractivity contribution in [2.45, 2.75) is 13.5 Å². The molecule has 0 amide bonds. The largest absolute Gasteiger partial charge is 0.374 e. The molecule has 0 saturated carbocycles. The highest BCUT2D eigenvalue weighted by atomic mass is 16.1. The third-order valence-electron chi connectivity index (χ3n) is 2.07. The third kappa shape index (κ3) is 1.45. The summed E-state index contributed by atoms with van der Waals surface area (Å²) in [4.78, 5) is 21.3. The van der Waals surface area contributed by atoms with Crippen LogP contribution in [-0.4, -0.2) is 38.2 Å². The van der Waals surface area contributed by atoms with Gasteiger partial charge in [-0.1, -0.05) is 0 Å². The molecule has 2 rings (SSSR count). The second-order valence-corrected chi connectivity index (χ2v) is 3.33. The first-order valence-electron chi connectivity index (χ1n) is 4.63. The normalized spacial score (nSPS) is 10.9. The van der Waals surface area contributed by atoms with Gasteiger partial charge in [-0.15, -0.1) is 4.52 Å². The standard InChI is InChI=1S/C8H12N6O/c1-4-13-5-9-14-7(13)10-6(12(2)3)11-8(14)15/h5H,4H2,1-3H3. The first kappa shape index (κ1) is 9.63. The van der Waals surface area contributed by atoms with Gasteiger partial charge in [0.25, 0.3) is 0 Å². The van der Waals surface area contributed by atoms with Crippen molar-refractivity contribution in [3.63, 3.8) is 0 Å². The van der Waals surface area contributed by atoms with E-state index in [0.717, 1.165) is 0 Å². The molecule has 0 saturated heterocycles. The van der Waals surface area contributed by atoms with Crippen LogP contribution in [0.5, 0.6) is 0 Å². The van der Waals surface area contributed by atoms with Crippen LogP contribution in [0.1, 0.15) is 6.92 Å². The summed E-state index contributed by atoms with van der Waals surface area (Å²) in [7, 11) is 3.58. The zero-order valence-corrected chi connectivity index (χ0v) is 8.88. The van der Waals surface area contributed by atoms with Crippen molar-refractivity contribution in [3.8, 4) is 0 Å². The number of rotatable bonds is 2. The molecule has 80 valence electrons. The summed E-state index contributed by atoms with van der Waals surface area (Å²) >= 11 is 0. The fourth-order valence-electron chi connectivity index (χ4n) is 1.26. The lowest BCUT2D eigenvalue weighted by atomic mass is 10.7. The summed E-state index contributed by atoms with van der Waals surface area (Å²) in [5.41, 5.74) is -0.407. The molecule has 0 aliphatic carbocycles. The van der Waals surface area contributed by atoms with Crippen LogP contribution in [0.3, 0.4) is 0 Å². The summed E-state index contributed by atoms with van der Waals surface area (Å²) in [6.07, 6.45) is 1.57. The molecule has 15 heavy (non-hydrogen) atoms. The van der Waals surface area contributed by atoms with E-state index >= 15 is 0 Å². The smallest absolute Gasteiger partial charge is 0.347 e. The third-order valence-corrected chi connectivity index (χ3v) is 2.07. The molecule has 2 aromatic rings. The molecular weight excluding hydrogens is 196 g/mol. The molecule has 0 atom stereocenters. The van der Waals surface area contributed by atoms with Crippen LogP contribution in [0.2, 0.25) is 0 Å². The lowest BCUT2D eigenvalue weighted by molar-refractivity contribution is 0.765. The van der Waals surface area contributed by atoms with E-state index in [2.05, 4.69) is 15.1 Å². The highest BCUT2D eigenvalue weighted by Crippen LogP contribution is 2.02. The number of hydrogen-bond acceptors (Lipinski definition) is 5. The molecule has 0 aliphatic rings. The molecule has 0 aromatic carbocycles. The lowest BCUT2D eigenvalue weighted by Crippen LogP contribution is -2.24. The maximum Gasteiger partial charge on any atom is 0.374 e. The topological polar surface area (TPSA) is 68.3 Å². The SMILES string of the molecule is CCn1cnn2c(=O)nc(N(C)C)nc12. The summed E-state index contributed by atoms with van der Waals surface area (Å²) in [6, 6.07) is 0. The molecular formula is C8H12N6O. The van der Waals surface area contributed by atoms with Crippen LogP contribution in [0, 0.1) is 0 Å². The second kappa shape index (κ2) is 3.34. The number of aryl methyl sites for hydroxylation is 1. The first-order valence-corrected chi connectivity index (χ1v) is 4.63. The van der Waals surface area contributed by atoms with Gasteiger partial charge in [0.15, 0.2) is 0 Å². The predicted molar refractivity (Wildman–Crippen MR) is 55.0 cm³/mol. The number of fused-ring (bicyclic) bond motifs is 1. The van der Waals surface area contributed by atoms with Gasteiger partial charge in [0, 0.05) is 20.6 Å². The Morgan fingerprint density at radius 3 is 2.73 bits per heavy atom. The van der Waals surface area contributed by atoms with Crippen molar-refractivity contribution in [3.05, 3.63) is 16.8 Å². The lowest BCUT2D eigenvalue weighted by Gasteiger charge is -2.08. The van der Waals surface area contributed by atoms with Gasteiger partial charge < -0.3 is 4.90 Å². The van der Waals surface area contributed by atoms with Crippen LogP contribution in [0.4, 0.5) is 5.95 Å². The van der Waals surface area contributed by atoms with Crippen molar-refractivity contribution < 1.29 is 0 Å². The zero-order chi connectivity index (χ0) is 11.0. The molecule has 0 radical (unpaired) electrons. The van der Waals surface area contributed by atoms with E-state index < -0.39 is 5.69 Å². The Kier molecular flexibility index (Phi) is 2.14. The number of aromatic nitrogens is 5. The van der Waals surface area contributed by atoms with E-state index in [-0.39, 0.29) is 0 Å². The summed E-state index contributed by atoms with van der Waals surface area (Å²) in [6.45, 7) is 2.68. The van der Waals surface area contributed by atoms with Crippen molar-refractivity contribution in [2.24, 2.45) is 0 Å². The van der Waals surface area contributed by atoms with Gasteiger partial charge in [0.2, 0.25) is 11.7 Å². The summed E-state index contributed by atoms with van der Waals surface area (Å²) < 4.78 is 2.98.